The fourth-order valence-corrected chi connectivity index (χ4v) is 3.85. The molecule has 7 heteroatoms. The number of anilines is 4. The number of nitrogens with two attached hydrogens (primary N) is 1. The summed E-state index contributed by atoms with van der Waals surface area (Å²) in [6.07, 6.45) is 2.84. The summed E-state index contributed by atoms with van der Waals surface area (Å²) in [6, 6.07) is 9.60. The van der Waals surface area contributed by atoms with Gasteiger partial charge in [0.2, 0.25) is 5.95 Å². The molecule has 3 N–H and O–H groups in total. The van der Waals surface area contributed by atoms with Gasteiger partial charge in [-0.25, -0.2) is 4.98 Å². The smallest absolute Gasteiger partial charge is 0.229 e. The highest BCUT2D eigenvalue weighted by molar-refractivity contribution is 7.10. The first-order chi connectivity index (χ1) is 12.2. The van der Waals surface area contributed by atoms with Gasteiger partial charge in [0.25, 0.3) is 0 Å². The average Bonchev–Trinajstić information content (AvgIpc) is 3.11. The zero-order valence-electron chi connectivity index (χ0n) is 13.9. The number of hydrogen-bond acceptors (Lipinski definition) is 7. The van der Waals surface area contributed by atoms with Crippen LogP contribution in [0.25, 0.3) is 0 Å². The highest BCUT2D eigenvalue weighted by atomic mass is 32.1. The Kier molecular flexibility index (Phi) is 4.15. The molecule has 0 radical (unpaired) electrons. The lowest BCUT2D eigenvalue weighted by molar-refractivity contribution is 0.417. The van der Waals surface area contributed by atoms with Gasteiger partial charge in [0.05, 0.1) is 12.8 Å². The summed E-state index contributed by atoms with van der Waals surface area (Å²) in [5, 5.41) is 5.38. The fourth-order valence-electron chi connectivity index (χ4n) is 2.96. The molecule has 0 aliphatic carbocycles. The van der Waals surface area contributed by atoms with Crippen LogP contribution in [-0.4, -0.2) is 23.6 Å². The van der Waals surface area contributed by atoms with Gasteiger partial charge in [-0.3, -0.25) is 0 Å². The predicted octanol–water partition coefficient (Wildman–Crippen LogP) is 3.44. The molecule has 1 aliphatic rings. The van der Waals surface area contributed by atoms with Crippen LogP contribution in [0, 0.1) is 0 Å². The largest absolute Gasteiger partial charge is 0.494 e. The van der Waals surface area contributed by atoms with Crippen LogP contribution in [0.3, 0.4) is 0 Å². The second-order valence-electron chi connectivity index (χ2n) is 5.86. The van der Waals surface area contributed by atoms with E-state index >= 15 is 0 Å². The van der Waals surface area contributed by atoms with Crippen molar-refractivity contribution >= 4 is 34.5 Å². The quantitative estimate of drug-likeness (QED) is 0.700. The van der Waals surface area contributed by atoms with Crippen molar-refractivity contribution < 1.29 is 4.74 Å². The van der Waals surface area contributed by atoms with E-state index in [1.54, 1.807) is 19.4 Å². The first-order valence-corrected chi connectivity index (χ1v) is 8.94. The Morgan fingerprint density at radius 3 is 3.08 bits per heavy atom. The molecule has 25 heavy (non-hydrogen) atoms. The van der Waals surface area contributed by atoms with Crippen LogP contribution in [0.4, 0.5) is 23.1 Å². The Balaban J connectivity index is 1.56. The molecule has 3 heterocycles. The molecule has 6 nitrogen and oxygen atoms in total. The number of nitrogens with zero attached hydrogens (tertiary/aromatic N) is 3. The Hall–Kier alpha value is -2.80. The molecule has 0 bridgehead atoms. The molecule has 0 saturated carbocycles. The van der Waals surface area contributed by atoms with E-state index < -0.39 is 0 Å². The number of rotatable bonds is 4. The van der Waals surface area contributed by atoms with Crippen molar-refractivity contribution in [2.75, 3.05) is 29.6 Å². The summed E-state index contributed by atoms with van der Waals surface area (Å²) in [4.78, 5) is 12.8. The SMILES string of the molecule is COc1cc(N)ccc1Nc1nccc(N2CCc3sccc3C2)n1. The van der Waals surface area contributed by atoms with Crippen molar-refractivity contribution in [3.05, 3.63) is 52.3 Å². The van der Waals surface area contributed by atoms with Gasteiger partial charge < -0.3 is 20.7 Å². The van der Waals surface area contributed by atoms with Crippen LogP contribution in [0.15, 0.2) is 41.9 Å². The summed E-state index contributed by atoms with van der Waals surface area (Å²) in [6.45, 7) is 1.86. The molecule has 0 unspecified atom stereocenters. The van der Waals surface area contributed by atoms with Crippen molar-refractivity contribution in [1.82, 2.24) is 9.97 Å². The van der Waals surface area contributed by atoms with E-state index in [0.29, 0.717) is 17.4 Å². The van der Waals surface area contributed by atoms with Gasteiger partial charge in [-0.15, -0.1) is 11.3 Å². The summed E-state index contributed by atoms with van der Waals surface area (Å²) in [7, 11) is 1.61. The number of fused-ring (bicyclic) bond motifs is 1. The van der Waals surface area contributed by atoms with Gasteiger partial charge in [-0.05, 0) is 41.6 Å². The number of hydrogen-bond donors (Lipinski definition) is 2. The molecule has 0 spiro atoms. The number of thiophene rings is 1. The van der Waals surface area contributed by atoms with E-state index in [1.165, 1.54) is 10.4 Å². The zero-order valence-corrected chi connectivity index (χ0v) is 14.7. The Morgan fingerprint density at radius 1 is 1.28 bits per heavy atom. The molecule has 0 fully saturated rings. The van der Waals surface area contributed by atoms with Gasteiger partial charge in [-0.1, -0.05) is 0 Å². The third kappa shape index (κ3) is 3.23. The minimum atomic E-state index is 0.539. The number of benzene rings is 1. The van der Waals surface area contributed by atoms with Crippen molar-refractivity contribution in [3.63, 3.8) is 0 Å². The monoisotopic (exact) mass is 353 g/mol. The zero-order chi connectivity index (χ0) is 17.2. The number of aromatic nitrogens is 2. The van der Waals surface area contributed by atoms with E-state index in [-0.39, 0.29) is 0 Å². The van der Waals surface area contributed by atoms with Crippen LogP contribution in [-0.2, 0) is 13.0 Å². The molecule has 128 valence electrons. The lowest BCUT2D eigenvalue weighted by Gasteiger charge is -2.28. The van der Waals surface area contributed by atoms with Crippen LogP contribution in [0.1, 0.15) is 10.4 Å². The van der Waals surface area contributed by atoms with Gasteiger partial charge in [0, 0.05) is 35.9 Å². The van der Waals surface area contributed by atoms with E-state index in [9.17, 15) is 0 Å². The van der Waals surface area contributed by atoms with Crippen molar-refractivity contribution in [2.24, 2.45) is 0 Å². The molecule has 0 amide bonds. The molecule has 4 rings (SSSR count). The maximum Gasteiger partial charge on any atom is 0.229 e. The first-order valence-electron chi connectivity index (χ1n) is 8.07. The molecule has 0 saturated heterocycles. The molecular formula is C18H19N5OS. The topological polar surface area (TPSA) is 76.3 Å². The number of nitrogen functional groups attached to an aromatic ring is 1. The highest BCUT2D eigenvalue weighted by Crippen LogP contribution is 2.30. The van der Waals surface area contributed by atoms with Crippen molar-refractivity contribution in [1.29, 1.82) is 0 Å². The standard InChI is InChI=1S/C18H19N5OS/c1-24-15-10-13(19)2-3-14(15)21-18-20-7-4-17(22-18)23-8-5-16-12(11-23)6-9-25-16/h2-4,6-7,9-10H,5,8,11,19H2,1H3,(H,20,21,22). The van der Waals surface area contributed by atoms with E-state index in [4.69, 9.17) is 10.5 Å². The van der Waals surface area contributed by atoms with Crippen molar-refractivity contribution in [2.45, 2.75) is 13.0 Å². The molecule has 2 aromatic heterocycles. The third-order valence-electron chi connectivity index (χ3n) is 4.24. The van der Waals surface area contributed by atoms with Crippen LogP contribution in [0.2, 0.25) is 0 Å². The van der Waals surface area contributed by atoms with Crippen LogP contribution < -0.4 is 20.7 Å². The minimum absolute atomic E-state index is 0.539. The number of nitrogens with one attached hydrogen (secondary N) is 1. The molecule has 1 aliphatic heterocycles. The van der Waals surface area contributed by atoms with E-state index in [2.05, 4.69) is 31.6 Å². The molecule has 1 aromatic carbocycles. The maximum absolute atomic E-state index is 5.80. The van der Waals surface area contributed by atoms with Gasteiger partial charge >= 0.3 is 0 Å². The maximum atomic E-state index is 5.80. The average molecular weight is 353 g/mol. The van der Waals surface area contributed by atoms with Gasteiger partial charge in [0.1, 0.15) is 11.6 Å². The number of methoxy groups -OCH3 is 1. The summed E-state index contributed by atoms with van der Waals surface area (Å²) in [5.41, 5.74) is 8.63. The lowest BCUT2D eigenvalue weighted by Crippen LogP contribution is -2.30. The van der Waals surface area contributed by atoms with E-state index in [1.807, 2.05) is 29.5 Å². The van der Waals surface area contributed by atoms with Crippen LogP contribution in [0.5, 0.6) is 5.75 Å². The van der Waals surface area contributed by atoms with Gasteiger partial charge in [-0.2, -0.15) is 4.98 Å². The van der Waals surface area contributed by atoms with E-state index in [0.717, 1.165) is 31.0 Å². The summed E-state index contributed by atoms with van der Waals surface area (Å²) < 4.78 is 5.37. The highest BCUT2D eigenvalue weighted by Gasteiger charge is 2.19. The second-order valence-corrected chi connectivity index (χ2v) is 6.86. The normalized spacial score (nSPS) is 13.4. The Labute approximate surface area is 150 Å². The predicted molar refractivity (Wildman–Crippen MR) is 102 cm³/mol. The Bertz CT molecular complexity index is 895. The first kappa shape index (κ1) is 15.7. The van der Waals surface area contributed by atoms with Crippen LogP contribution >= 0.6 is 11.3 Å². The fraction of sp³-hybridized carbons (Fsp3) is 0.222. The van der Waals surface area contributed by atoms with Crippen molar-refractivity contribution in [3.8, 4) is 5.75 Å². The lowest BCUT2D eigenvalue weighted by atomic mass is 10.1. The second kappa shape index (κ2) is 6.60. The third-order valence-corrected chi connectivity index (χ3v) is 5.27. The molecular weight excluding hydrogens is 334 g/mol. The van der Waals surface area contributed by atoms with Gasteiger partial charge in [0.15, 0.2) is 0 Å². The summed E-state index contributed by atoms with van der Waals surface area (Å²) >= 11 is 1.84. The Morgan fingerprint density at radius 2 is 2.20 bits per heavy atom. The number of ether oxygens (including phenoxy) is 1. The molecule has 0 atom stereocenters. The summed E-state index contributed by atoms with van der Waals surface area (Å²) in [5.74, 6) is 2.12. The molecule has 3 aromatic rings. The minimum Gasteiger partial charge on any atom is -0.494 e.